The van der Waals surface area contributed by atoms with E-state index >= 15 is 0 Å². The molecule has 1 aromatic heterocycles. The number of pyridine rings is 1. The summed E-state index contributed by atoms with van der Waals surface area (Å²) in [6.07, 6.45) is 1.51. The summed E-state index contributed by atoms with van der Waals surface area (Å²) in [5.74, 6) is -0.449. The molecule has 0 aliphatic carbocycles. The van der Waals surface area contributed by atoms with Crippen LogP contribution in [0.5, 0.6) is 11.6 Å². The predicted molar refractivity (Wildman–Crippen MR) is 66.9 cm³/mol. The van der Waals surface area contributed by atoms with Gasteiger partial charge in [0.05, 0.1) is 11.0 Å². The second-order valence-corrected chi connectivity index (χ2v) is 3.88. The Kier molecular flexibility index (Phi) is 3.91. The lowest BCUT2D eigenvalue weighted by Crippen LogP contribution is -1.94. The zero-order valence-corrected chi connectivity index (χ0v) is 10.3. The number of nitro groups is 1. The summed E-state index contributed by atoms with van der Waals surface area (Å²) in [7, 11) is 0. The first-order chi connectivity index (χ1) is 9.10. The molecule has 2 rings (SSSR count). The summed E-state index contributed by atoms with van der Waals surface area (Å²) in [6.45, 7) is 0. The molecule has 0 aliphatic heterocycles. The van der Waals surface area contributed by atoms with Gasteiger partial charge in [-0.25, -0.2) is 9.37 Å². The largest absolute Gasteiger partial charge is 0.436 e. The minimum atomic E-state index is -0.822. The minimum Gasteiger partial charge on any atom is -0.436 e. The third-order valence-corrected chi connectivity index (χ3v) is 2.60. The predicted octanol–water partition coefficient (Wildman–Crippen LogP) is 3.66. The number of halogens is 2. The van der Waals surface area contributed by atoms with Crippen LogP contribution in [0.25, 0.3) is 0 Å². The quantitative estimate of drug-likeness (QED) is 0.487. The Morgan fingerprint density at radius 1 is 1.37 bits per heavy atom. The maximum atomic E-state index is 13.6. The van der Waals surface area contributed by atoms with Gasteiger partial charge in [-0.2, -0.15) is 0 Å². The van der Waals surface area contributed by atoms with Crippen molar-refractivity contribution in [1.29, 1.82) is 0 Å². The van der Waals surface area contributed by atoms with Crippen molar-refractivity contribution in [3.63, 3.8) is 0 Å². The van der Waals surface area contributed by atoms with E-state index in [9.17, 15) is 14.5 Å². The van der Waals surface area contributed by atoms with Crippen LogP contribution in [0.2, 0.25) is 0 Å². The molecule has 0 fully saturated rings. The SMILES string of the molecule is O=[N+]([O-])c1ccc(Oc2ccc(CCl)cn2)c(F)c1. The summed E-state index contributed by atoms with van der Waals surface area (Å²) < 4.78 is 18.8. The van der Waals surface area contributed by atoms with Gasteiger partial charge >= 0.3 is 0 Å². The zero-order chi connectivity index (χ0) is 13.8. The zero-order valence-electron chi connectivity index (χ0n) is 9.55. The molecule has 1 heterocycles. The third kappa shape index (κ3) is 3.17. The van der Waals surface area contributed by atoms with E-state index in [2.05, 4.69) is 4.98 Å². The van der Waals surface area contributed by atoms with Crippen LogP contribution >= 0.6 is 11.6 Å². The van der Waals surface area contributed by atoms with E-state index in [0.29, 0.717) is 5.88 Å². The number of non-ortho nitro benzene ring substituents is 1. The van der Waals surface area contributed by atoms with E-state index in [-0.39, 0.29) is 17.3 Å². The molecule has 0 unspecified atom stereocenters. The molecule has 2 aromatic rings. The lowest BCUT2D eigenvalue weighted by molar-refractivity contribution is -0.385. The summed E-state index contributed by atoms with van der Waals surface area (Å²) >= 11 is 5.61. The Morgan fingerprint density at radius 2 is 2.16 bits per heavy atom. The number of nitrogens with zero attached hydrogens (tertiary/aromatic N) is 2. The lowest BCUT2D eigenvalue weighted by Gasteiger charge is -2.05. The minimum absolute atomic E-state index is 0.128. The van der Waals surface area contributed by atoms with Crippen LogP contribution < -0.4 is 4.74 Å². The number of rotatable bonds is 4. The molecule has 0 aliphatic rings. The van der Waals surface area contributed by atoms with Gasteiger partial charge in [0.15, 0.2) is 11.6 Å². The number of hydrogen-bond acceptors (Lipinski definition) is 4. The first kappa shape index (κ1) is 13.2. The molecule has 0 radical (unpaired) electrons. The molecule has 0 spiro atoms. The Labute approximate surface area is 112 Å². The summed E-state index contributed by atoms with van der Waals surface area (Å²) in [6, 6.07) is 6.37. The number of aromatic nitrogens is 1. The smallest absolute Gasteiger partial charge is 0.272 e. The van der Waals surface area contributed by atoms with Crippen molar-refractivity contribution in [2.45, 2.75) is 5.88 Å². The number of benzene rings is 1. The highest BCUT2D eigenvalue weighted by Crippen LogP contribution is 2.26. The molecule has 0 atom stereocenters. The lowest BCUT2D eigenvalue weighted by atomic mass is 10.3. The maximum Gasteiger partial charge on any atom is 0.272 e. The Bertz CT molecular complexity index is 604. The van der Waals surface area contributed by atoms with Crippen molar-refractivity contribution in [3.8, 4) is 11.6 Å². The van der Waals surface area contributed by atoms with Crippen LogP contribution in [0.15, 0.2) is 36.5 Å². The highest BCUT2D eigenvalue weighted by atomic mass is 35.5. The second-order valence-electron chi connectivity index (χ2n) is 3.61. The highest BCUT2D eigenvalue weighted by Gasteiger charge is 2.12. The molecule has 1 aromatic carbocycles. The first-order valence-electron chi connectivity index (χ1n) is 5.23. The first-order valence-corrected chi connectivity index (χ1v) is 5.76. The van der Waals surface area contributed by atoms with Crippen LogP contribution in [0, 0.1) is 15.9 Å². The molecule has 98 valence electrons. The van der Waals surface area contributed by atoms with Crippen molar-refractivity contribution in [2.75, 3.05) is 0 Å². The van der Waals surface area contributed by atoms with Crippen LogP contribution in [0.3, 0.4) is 0 Å². The van der Waals surface area contributed by atoms with Crippen molar-refractivity contribution < 1.29 is 14.1 Å². The molecule has 0 saturated carbocycles. The van der Waals surface area contributed by atoms with Crippen LogP contribution in [-0.4, -0.2) is 9.91 Å². The Balaban J connectivity index is 2.20. The van der Waals surface area contributed by atoms with Gasteiger partial charge < -0.3 is 4.74 Å². The molecular formula is C12H8ClFN2O3. The third-order valence-electron chi connectivity index (χ3n) is 2.29. The molecule has 0 bridgehead atoms. The average molecular weight is 283 g/mol. The fourth-order valence-corrected chi connectivity index (χ4v) is 1.51. The standard InChI is InChI=1S/C12H8ClFN2O3/c13-6-8-1-4-12(15-7-8)19-11-3-2-9(16(17)18)5-10(11)14/h1-5,7H,6H2. The molecule has 0 saturated heterocycles. The van der Waals surface area contributed by atoms with Gasteiger partial charge in [-0.15, -0.1) is 11.6 Å². The van der Waals surface area contributed by atoms with Crippen LogP contribution in [0.1, 0.15) is 5.56 Å². The summed E-state index contributed by atoms with van der Waals surface area (Å²) in [5.41, 5.74) is 0.466. The molecule has 5 nitrogen and oxygen atoms in total. The van der Waals surface area contributed by atoms with Gasteiger partial charge in [-0.05, 0) is 11.6 Å². The van der Waals surface area contributed by atoms with Gasteiger partial charge in [-0.3, -0.25) is 10.1 Å². The van der Waals surface area contributed by atoms with E-state index in [4.69, 9.17) is 16.3 Å². The molecule has 0 amide bonds. The topological polar surface area (TPSA) is 65.3 Å². The van der Waals surface area contributed by atoms with Crippen molar-refractivity contribution in [3.05, 3.63) is 58.0 Å². The maximum absolute atomic E-state index is 13.6. The number of hydrogen-bond donors (Lipinski definition) is 0. The van der Waals surface area contributed by atoms with Crippen molar-refractivity contribution >= 4 is 17.3 Å². The monoisotopic (exact) mass is 282 g/mol. The van der Waals surface area contributed by atoms with Gasteiger partial charge in [-0.1, -0.05) is 6.07 Å². The van der Waals surface area contributed by atoms with E-state index in [1.165, 1.54) is 12.3 Å². The molecule has 19 heavy (non-hydrogen) atoms. The van der Waals surface area contributed by atoms with Gasteiger partial charge in [0, 0.05) is 24.2 Å². The van der Waals surface area contributed by atoms with Crippen molar-refractivity contribution in [2.24, 2.45) is 0 Å². The number of alkyl halides is 1. The fourth-order valence-electron chi connectivity index (χ4n) is 1.35. The molecular weight excluding hydrogens is 275 g/mol. The summed E-state index contributed by atoms with van der Waals surface area (Å²) in [4.78, 5) is 13.7. The Hall–Kier alpha value is -2.21. The summed E-state index contributed by atoms with van der Waals surface area (Å²) in [5, 5.41) is 10.5. The van der Waals surface area contributed by atoms with Gasteiger partial charge in [0.2, 0.25) is 5.88 Å². The van der Waals surface area contributed by atoms with E-state index in [0.717, 1.165) is 17.7 Å². The Morgan fingerprint density at radius 3 is 2.68 bits per heavy atom. The van der Waals surface area contributed by atoms with Gasteiger partial charge in [0.1, 0.15) is 0 Å². The number of nitro benzene ring substituents is 1. The normalized spacial score (nSPS) is 10.2. The van der Waals surface area contributed by atoms with Crippen LogP contribution in [-0.2, 0) is 5.88 Å². The average Bonchev–Trinajstić information content (AvgIpc) is 2.41. The molecule has 0 N–H and O–H groups in total. The van der Waals surface area contributed by atoms with E-state index in [1.54, 1.807) is 12.1 Å². The van der Waals surface area contributed by atoms with Crippen LogP contribution in [0.4, 0.5) is 10.1 Å². The van der Waals surface area contributed by atoms with Crippen molar-refractivity contribution in [1.82, 2.24) is 4.98 Å². The van der Waals surface area contributed by atoms with E-state index in [1.807, 2.05) is 0 Å². The molecule has 7 heteroatoms. The fraction of sp³-hybridized carbons (Fsp3) is 0.0833. The number of ether oxygens (including phenoxy) is 1. The second kappa shape index (κ2) is 5.62. The van der Waals surface area contributed by atoms with Gasteiger partial charge in [0.25, 0.3) is 5.69 Å². The van der Waals surface area contributed by atoms with E-state index < -0.39 is 10.7 Å². The highest BCUT2D eigenvalue weighted by molar-refractivity contribution is 6.17.